The second-order valence-electron chi connectivity index (χ2n) is 8.32. The van der Waals surface area contributed by atoms with Crippen LogP contribution in [0.25, 0.3) is 0 Å². The van der Waals surface area contributed by atoms with Crippen LogP contribution in [0.15, 0.2) is 72.6 Å². The van der Waals surface area contributed by atoms with Crippen molar-refractivity contribution in [2.24, 2.45) is 5.73 Å². The van der Waals surface area contributed by atoms with Crippen molar-refractivity contribution >= 4 is 11.4 Å². The Labute approximate surface area is 189 Å². The Morgan fingerprint density at radius 1 is 0.938 bits per heavy atom. The lowest BCUT2D eigenvalue weighted by atomic mass is 10.2. The van der Waals surface area contributed by atoms with E-state index < -0.39 is 0 Å². The van der Waals surface area contributed by atoms with Gasteiger partial charge in [0.1, 0.15) is 19.0 Å². The molecule has 0 saturated carbocycles. The Morgan fingerprint density at radius 3 is 2.50 bits per heavy atom. The number of hydrazine groups is 1. The maximum absolute atomic E-state index is 6.60. The van der Waals surface area contributed by atoms with Crippen LogP contribution in [-0.4, -0.2) is 68.9 Å². The molecule has 1 fully saturated rings. The summed E-state index contributed by atoms with van der Waals surface area (Å²) in [6.45, 7) is 11.4. The van der Waals surface area contributed by atoms with Gasteiger partial charge in [-0.25, -0.2) is 0 Å². The minimum Gasteiger partial charge on any atom is -0.486 e. The topological polar surface area (TPSA) is 57.4 Å². The molecule has 32 heavy (non-hydrogen) atoms. The fraction of sp³-hybridized carbons (Fsp3) is 0.360. The molecule has 0 atom stereocenters. The normalized spacial score (nSPS) is 18.9. The van der Waals surface area contributed by atoms with Crippen LogP contribution in [0, 0.1) is 0 Å². The molecule has 0 aliphatic carbocycles. The molecule has 7 heteroatoms. The Bertz CT molecular complexity index is 985. The van der Waals surface area contributed by atoms with Gasteiger partial charge in [-0.2, -0.15) is 0 Å². The van der Waals surface area contributed by atoms with Crippen molar-refractivity contribution < 1.29 is 9.47 Å². The van der Waals surface area contributed by atoms with E-state index in [9.17, 15) is 0 Å². The van der Waals surface area contributed by atoms with Gasteiger partial charge in [0.15, 0.2) is 11.5 Å². The van der Waals surface area contributed by atoms with Crippen molar-refractivity contribution in [2.75, 3.05) is 68.9 Å². The summed E-state index contributed by atoms with van der Waals surface area (Å²) in [6.07, 6.45) is 1.90. The molecular formula is C25H31N5O2. The van der Waals surface area contributed by atoms with Gasteiger partial charge >= 0.3 is 0 Å². The van der Waals surface area contributed by atoms with Gasteiger partial charge in [-0.15, -0.1) is 6.58 Å². The van der Waals surface area contributed by atoms with Crippen molar-refractivity contribution in [1.82, 2.24) is 9.91 Å². The standard InChI is InChI=1S/C25H31N5O2/c1-2-11-29-25(26)20(19-30(29)21-7-4-3-5-8-21)18-27-12-14-28(15-13-27)22-9-6-10-23-24(22)32-17-16-31-23/h2-10H,1,11-19,26H2. The number of nitrogens with two attached hydrogens (primary N) is 1. The predicted octanol–water partition coefficient (Wildman–Crippen LogP) is 2.67. The van der Waals surface area contributed by atoms with E-state index in [2.05, 4.69) is 56.7 Å². The maximum atomic E-state index is 6.60. The largest absolute Gasteiger partial charge is 0.486 e. The van der Waals surface area contributed by atoms with Gasteiger partial charge in [0.25, 0.3) is 0 Å². The Hall–Kier alpha value is -3.32. The zero-order chi connectivity index (χ0) is 21.9. The van der Waals surface area contributed by atoms with Gasteiger partial charge in [-0.1, -0.05) is 30.3 Å². The van der Waals surface area contributed by atoms with Gasteiger partial charge in [0.05, 0.1) is 24.5 Å². The van der Waals surface area contributed by atoms with Crippen LogP contribution in [0.5, 0.6) is 11.5 Å². The average Bonchev–Trinajstić information content (AvgIpc) is 3.15. The van der Waals surface area contributed by atoms with E-state index in [4.69, 9.17) is 15.2 Å². The third kappa shape index (κ3) is 3.96. The van der Waals surface area contributed by atoms with Gasteiger partial charge < -0.3 is 20.1 Å². The minimum absolute atomic E-state index is 0.608. The lowest BCUT2D eigenvalue weighted by Gasteiger charge is -2.37. The van der Waals surface area contributed by atoms with Crippen LogP contribution in [0.4, 0.5) is 11.4 Å². The van der Waals surface area contributed by atoms with Gasteiger partial charge in [0, 0.05) is 38.3 Å². The first-order chi connectivity index (χ1) is 15.7. The lowest BCUT2D eigenvalue weighted by molar-refractivity contribution is 0.171. The molecule has 0 aromatic heterocycles. The summed E-state index contributed by atoms with van der Waals surface area (Å²) in [7, 11) is 0. The van der Waals surface area contributed by atoms with Crippen molar-refractivity contribution in [3.63, 3.8) is 0 Å². The van der Waals surface area contributed by atoms with Gasteiger partial charge in [0.2, 0.25) is 0 Å². The molecule has 3 heterocycles. The van der Waals surface area contributed by atoms with Crippen LogP contribution < -0.4 is 25.1 Å². The zero-order valence-electron chi connectivity index (χ0n) is 18.4. The molecule has 2 aromatic rings. The van der Waals surface area contributed by atoms with E-state index in [0.29, 0.717) is 19.8 Å². The molecule has 7 nitrogen and oxygen atoms in total. The average molecular weight is 434 g/mol. The molecule has 3 aliphatic rings. The van der Waals surface area contributed by atoms with Crippen molar-refractivity contribution in [3.05, 3.63) is 72.6 Å². The highest BCUT2D eigenvalue weighted by Gasteiger charge is 2.30. The maximum Gasteiger partial charge on any atom is 0.184 e. The number of benzene rings is 2. The van der Waals surface area contributed by atoms with E-state index in [1.165, 1.54) is 5.57 Å². The highest BCUT2D eigenvalue weighted by molar-refractivity contribution is 5.65. The Morgan fingerprint density at radius 2 is 1.72 bits per heavy atom. The number of anilines is 2. The van der Waals surface area contributed by atoms with Crippen LogP contribution in [-0.2, 0) is 0 Å². The summed E-state index contributed by atoms with van der Waals surface area (Å²) in [5, 5.41) is 4.37. The van der Waals surface area contributed by atoms with Gasteiger partial charge in [-0.3, -0.25) is 14.9 Å². The number of fused-ring (bicyclic) bond motifs is 1. The fourth-order valence-corrected chi connectivity index (χ4v) is 4.66. The molecule has 0 spiro atoms. The number of hydrogen-bond donors (Lipinski definition) is 1. The molecule has 0 bridgehead atoms. The SMILES string of the molecule is C=CCN1C(N)=C(CN2CCN(c3cccc4c3OCCO4)CC2)CN1c1ccccc1. The second kappa shape index (κ2) is 9.04. The number of para-hydroxylation sites is 2. The molecule has 1 saturated heterocycles. The number of ether oxygens (including phenoxy) is 2. The van der Waals surface area contributed by atoms with E-state index in [1.54, 1.807) is 0 Å². The summed E-state index contributed by atoms with van der Waals surface area (Å²) in [5.41, 5.74) is 10.1. The number of hydrogen-bond acceptors (Lipinski definition) is 7. The van der Waals surface area contributed by atoms with Crippen LogP contribution >= 0.6 is 0 Å². The summed E-state index contributed by atoms with van der Waals surface area (Å²) in [6, 6.07) is 16.6. The number of piperazine rings is 1. The van der Waals surface area contributed by atoms with Crippen molar-refractivity contribution in [2.45, 2.75) is 0 Å². The number of nitrogens with zero attached hydrogens (tertiary/aromatic N) is 4. The fourth-order valence-electron chi connectivity index (χ4n) is 4.66. The highest BCUT2D eigenvalue weighted by atomic mass is 16.6. The predicted molar refractivity (Wildman–Crippen MR) is 128 cm³/mol. The Balaban J connectivity index is 1.25. The van der Waals surface area contributed by atoms with Crippen LogP contribution in [0.3, 0.4) is 0 Å². The molecule has 0 unspecified atom stereocenters. The lowest BCUT2D eigenvalue weighted by Crippen LogP contribution is -2.47. The highest BCUT2D eigenvalue weighted by Crippen LogP contribution is 2.39. The molecule has 0 amide bonds. The first-order valence-corrected chi connectivity index (χ1v) is 11.3. The minimum atomic E-state index is 0.608. The molecule has 2 aromatic carbocycles. The van der Waals surface area contributed by atoms with E-state index in [0.717, 1.165) is 68.0 Å². The van der Waals surface area contributed by atoms with Gasteiger partial charge in [-0.05, 0) is 24.3 Å². The second-order valence-corrected chi connectivity index (χ2v) is 8.32. The van der Waals surface area contributed by atoms with E-state index in [-0.39, 0.29) is 0 Å². The molecule has 168 valence electrons. The van der Waals surface area contributed by atoms with Crippen LogP contribution in [0.2, 0.25) is 0 Å². The first-order valence-electron chi connectivity index (χ1n) is 11.3. The summed E-state index contributed by atoms with van der Waals surface area (Å²) >= 11 is 0. The molecule has 0 radical (unpaired) electrons. The molecule has 3 aliphatic heterocycles. The molecular weight excluding hydrogens is 402 g/mol. The van der Waals surface area contributed by atoms with Crippen molar-refractivity contribution in [3.8, 4) is 11.5 Å². The molecule has 5 rings (SSSR count). The smallest absolute Gasteiger partial charge is 0.184 e. The third-order valence-electron chi connectivity index (χ3n) is 6.30. The summed E-state index contributed by atoms with van der Waals surface area (Å²) in [5.74, 6) is 2.58. The van der Waals surface area contributed by atoms with Crippen LogP contribution in [0.1, 0.15) is 0 Å². The quantitative estimate of drug-likeness (QED) is 0.703. The van der Waals surface area contributed by atoms with E-state index >= 15 is 0 Å². The Kier molecular flexibility index (Phi) is 5.81. The zero-order valence-corrected chi connectivity index (χ0v) is 18.4. The molecule has 2 N–H and O–H groups in total. The van der Waals surface area contributed by atoms with Crippen molar-refractivity contribution in [1.29, 1.82) is 0 Å². The monoisotopic (exact) mass is 433 g/mol. The number of rotatable bonds is 6. The third-order valence-corrected chi connectivity index (χ3v) is 6.30. The summed E-state index contributed by atoms with van der Waals surface area (Å²) in [4.78, 5) is 4.89. The first kappa shape index (κ1) is 20.6. The van der Waals surface area contributed by atoms with E-state index in [1.807, 2.05) is 24.3 Å². The summed E-state index contributed by atoms with van der Waals surface area (Å²) < 4.78 is 11.7.